The van der Waals surface area contributed by atoms with Gasteiger partial charge in [-0.1, -0.05) is 17.7 Å². The molecule has 6 heteroatoms. The highest BCUT2D eigenvalue weighted by molar-refractivity contribution is 9.11. The SMILES string of the molecule is Cc1cc(C)c(NC(=O)C[NH+](C)Cc2ccc(Br)s2)c(Cl)c1. The lowest BCUT2D eigenvalue weighted by Crippen LogP contribution is -3.08. The van der Waals surface area contributed by atoms with Crippen LogP contribution in [0.4, 0.5) is 5.69 Å². The van der Waals surface area contributed by atoms with Gasteiger partial charge in [-0.05, 0) is 59.1 Å². The van der Waals surface area contributed by atoms with Crippen molar-refractivity contribution in [2.45, 2.75) is 20.4 Å². The first-order chi connectivity index (χ1) is 10.3. The summed E-state index contributed by atoms with van der Waals surface area (Å²) in [6, 6.07) is 7.99. The van der Waals surface area contributed by atoms with Crippen LogP contribution in [-0.2, 0) is 11.3 Å². The number of rotatable bonds is 5. The molecule has 0 bridgehead atoms. The molecule has 1 unspecified atom stereocenters. The van der Waals surface area contributed by atoms with Gasteiger partial charge in [-0.15, -0.1) is 11.3 Å². The van der Waals surface area contributed by atoms with E-state index in [9.17, 15) is 4.79 Å². The average Bonchev–Trinajstić information content (AvgIpc) is 2.79. The van der Waals surface area contributed by atoms with Crippen LogP contribution in [0.2, 0.25) is 5.02 Å². The Balaban J connectivity index is 1.95. The molecule has 0 saturated carbocycles. The Morgan fingerprint density at radius 2 is 2.09 bits per heavy atom. The third-order valence-electron chi connectivity index (χ3n) is 3.26. The minimum Gasteiger partial charge on any atom is -0.325 e. The standard InChI is InChI=1S/C16H18BrClN2OS/c1-10-6-11(2)16(13(18)7-10)19-15(21)9-20(3)8-12-4-5-14(17)22-12/h4-7H,8-9H2,1-3H3,(H,19,21)/p+1. The van der Waals surface area contributed by atoms with Crippen LogP contribution in [0.25, 0.3) is 0 Å². The van der Waals surface area contributed by atoms with Crippen molar-refractivity contribution in [2.24, 2.45) is 0 Å². The van der Waals surface area contributed by atoms with Gasteiger partial charge in [0.1, 0.15) is 6.54 Å². The number of benzene rings is 1. The summed E-state index contributed by atoms with van der Waals surface area (Å²) in [5, 5.41) is 3.52. The van der Waals surface area contributed by atoms with Gasteiger partial charge in [-0.2, -0.15) is 0 Å². The molecule has 1 aromatic carbocycles. The second kappa shape index (κ2) is 7.59. The number of amides is 1. The summed E-state index contributed by atoms with van der Waals surface area (Å²) in [4.78, 5) is 14.6. The first kappa shape index (κ1) is 17.5. The normalized spacial score (nSPS) is 12.2. The fraction of sp³-hybridized carbons (Fsp3) is 0.312. The van der Waals surface area contributed by atoms with Crippen molar-refractivity contribution in [3.8, 4) is 0 Å². The maximum Gasteiger partial charge on any atom is 0.279 e. The Labute approximate surface area is 148 Å². The molecule has 0 aliphatic carbocycles. The number of carbonyl (C=O) groups is 1. The van der Waals surface area contributed by atoms with E-state index in [1.807, 2.05) is 39.1 Å². The Morgan fingerprint density at radius 1 is 1.36 bits per heavy atom. The molecule has 0 spiro atoms. The lowest BCUT2D eigenvalue weighted by Gasteiger charge is -2.15. The number of hydrogen-bond donors (Lipinski definition) is 2. The summed E-state index contributed by atoms with van der Waals surface area (Å²) in [6.45, 7) is 5.17. The first-order valence-corrected chi connectivity index (χ1v) is 8.96. The molecule has 2 aromatic rings. The Morgan fingerprint density at radius 3 is 2.68 bits per heavy atom. The zero-order valence-electron chi connectivity index (χ0n) is 12.8. The van der Waals surface area contributed by atoms with Gasteiger partial charge in [0, 0.05) is 0 Å². The maximum atomic E-state index is 12.2. The molecular formula is C16H19BrClN2OS+. The van der Waals surface area contributed by atoms with Crippen LogP contribution in [0.5, 0.6) is 0 Å². The fourth-order valence-electron chi connectivity index (χ4n) is 2.34. The van der Waals surface area contributed by atoms with Gasteiger partial charge in [0.15, 0.2) is 6.54 Å². The summed E-state index contributed by atoms with van der Waals surface area (Å²) in [5.41, 5.74) is 2.79. The van der Waals surface area contributed by atoms with Gasteiger partial charge in [0.25, 0.3) is 5.91 Å². The highest BCUT2D eigenvalue weighted by Crippen LogP contribution is 2.27. The van der Waals surface area contributed by atoms with Crippen molar-refractivity contribution in [2.75, 3.05) is 18.9 Å². The lowest BCUT2D eigenvalue weighted by atomic mass is 10.1. The van der Waals surface area contributed by atoms with Crippen LogP contribution in [0.3, 0.4) is 0 Å². The van der Waals surface area contributed by atoms with E-state index in [1.54, 1.807) is 11.3 Å². The highest BCUT2D eigenvalue weighted by Gasteiger charge is 2.14. The second-order valence-electron chi connectivity index (χ2n) is 5.50. The first-order valence-electron chi connectivity index (χ1n) is 6.97. The third kappa shape index (κ3) is 4.81. The molecule has 1 amide bonds. The Kier molecular flexibility index (Phi) is 6.03. The molecule has 0 aliphatic heterocycles. The molecule has 22 heavy (non-hydrogen) atoms. The summed E-state index contributed by atoms with van der Waals surface area (Å²) in [6.07, 6.45) is 0. The number of likely N-dealkylation sites (N-methyl/N-ethyl adjacent to an activating group) is 1. The number of nitrogens with one attached hydrogen (secondary N) is 2. The minimum absolute atomic E-state index is 0.0259. The van der Waals surface area contributed by atoms with Gasteiger partial charge in [-0.25, -0.2) is 0 Å². The highest BCUT2D eigenvalue weighted by atomic mass is 79.9. The lowest BCUT2D eigenvalue weighted by molar-refractivity contribution is -0.884. The van der Waals surface area contributed by atoms with E-state index in [-0.39, 0.29) is 5.91 Å². The molecule has 2 rings (SSSR count). The quantitative estimate of drug-likeness (QED) is 0.789. The number of aryl methyl sites for hydroxylation is 2. The van der Waals surface area contributed by atoms with Crippen LogP contribution >= 0.6 is 38.9 Å². The van der Waals surface area contributed by atoms with E-state index in [1.165, 1.54) is 4.88 Å². The summed E-state index contributed by atoms with van der Waals surface area (Å²) >= 11 is 11.4. The van der Waals surface area contributed by atoms with Gasteiger partial charge in [0.05, 0.1) is 26.4 Å². The van der Waals surface area contributed by atoms with Crippen molar-refractivity contribution in [1.29, 1.82) is 0 Å². The van der Waals surface area contributed by atoms with Crippen LogP contribution in [0, 0.1) is 13.8 Å². The largest absolute Gasteiger partial charge is 0.325 e. The average molecular weight is 403 g/mol. The molecule has 1 aromatic heterocycles. The van der Waals surface area contributed by atoms with Gasteiger partial charge >= 0.3 is 0 Å². The monoisotopic (exact) mass is 401 g/mol. The van der Waals surface area contributed by atoms with Gasteiger partial charge in [0.2, 0.25) is 0 Å². The van der Waals surface area contributed by atoms with E-state index in [2.05, 4.69) is 27.3 Å². The van der Waals surface area contributed by atoms with Crippen molar-refractivity contribution in [3.05, 3.63) is 49.1 Å². The topological polar surface area (TPSA) is 33.5 Å². The molecule has 0 fully saturated rings. The number of anilines is 1. The van der Waals surface area contributed by atoms with Crippen molar-refractivity contribution < 1.29 is 9.69 Å². The number of halogens is 2. The fourth-order valence-corrected chi connectivity index (χ4v) is 4.30. The van der Waals surface area contributed by atoms with Gasteiger partial charge < -0.3 is 10.2 Å². The molecule has 0 saturated heterocycles. The molecule has 0 radical (unpaired) electrons. The van der Waals surface area contributed by atoms with Crippen molar-refractivity contribution in [3.63, 3.8) is 0 Å². The van der Waals surface area contributed by atoms with E-state index in [0.717, 1.165) is 26.4 Å². The van der Waals surface area contributed by atoms with Gasteiger partial charge in [-0.3, -0.25) is 4.79 Å². The van der Waals surface area contributed by atoms with Crippen LogP contribution in [-0.4, -0.2) is 19.5 Å². The number of carbonyl (C=O) groups excluding carboxylic acids is 1. The molecular weight excluding hydrogens is 384 g/mol. The Bertz CT molecular complexity index is 664. The third-order valence-corrected chi connectivity index (χ3v) is 5.19. The van der Waals surface area contributed by atoms with E-state index < -0.39 is 0 Å². The summed E-state index contributed by atoms with van der Waals surface area (Å²) in [5.74, 6) is -0.0259. The molecule has 1 atom stereocenters. The zero-order valence-corrected chi connectivity index (χ0v) is 16.0. The molecule has 118 valence electrons. The van der Waals surface area contributed by atoms with E-state index in [0.29, 0.717) is 17.3 Å². The summed E-state index contributed by atoms with van der Waals surface area (Å²) in [7, 11) is 2.01. The smallest absolute Gasteiger partial charge is 0.279 e. The number of quaternary nitrogens is 1. The number of hydrogen-bond acceptors (Lipinski definition) is 2. The van der Waals surface area contributed by atoms with E-state index in [4.69, 9.17) is 11.6 Å². The minimum atomic E-state index is -0.0259. The molecule has 0 aliphatic rings. The molecule has 2 N–H and O–H groups in total. The van der Waals surface area contributed by atoms with E-state index >= 15 is 0 Å². The predicted octanol–water partition coefficient (Wildman–Crippen LogP) is 3.43. The maximum absolute atomic E-state index is 12.2. The van der Waals surface area contributed by atoms with Crippen molar-refractivity contribution in [1.82, 2.24) is 0 Å². The second-order valence-corrected chi connectivity index (χ2v) is 8.46. The van der Waals surface area contributed by atoms with Crippen LogP contribution < -0.4 is 10.2 Å². The molecule has 1 heterocycles. The molecule has 3 nitrogen and oxygen atoms in total. The van der Waals surface area contributed by atoms with Crippen molar-refractivity contribution >= 4 is 50.5 Å². The predicted molar refractivity (Wildman–Crippen MR) is 97.0 cm³/mol. The zero-order chi connectivity index (χ0) is 16.3. The van der Waals surface area contributed by atoms with Crippen LogP contribution in [0.1, 0.15) is 16.0 Å². The Hall–Kier alpha value is -0.880. The summed E-state index contributed by atoms with van der Waals surface area (Å²) < 4.78 is 1.11. The van der Waals surface area contributed by atoms with Crippen LogP contribution in [0.15, 0.2) is 28.1 Å². The number of thiophene rings is 1.